The molecule has 18 heavy (non-hydrogen) atoms. The molecule has 2 heterocycles. The molecule has 0 radical (unpaired) electrons. The highest BCUT2D eigenvalue weighted by molar-refractivity contribution is 5.48. The average Bonchev–Trinajstić information content (AvgIpc) is 2.45. The van der Waals surface area contributed by atoms with Gasteiger partial charge in [0.05, 0.1) is 0 Å². The summed E-state index contributed by atoms with van der Waals surface area (Å²) in [5.74, 6) is 1.99. The summed E-state index contributed by atoms with van der Waals surface area (Å²) in [7, 11) is 1.97. The van der Waals surface area contributed by atoms with Crippen LogP contribution in [0.15, 0.2) is 12.4 Å². The molecule has 2 N–H and O–H groups in total. The maximum Gasteiger partial charge on any atom is 0.134 e. The Hall–Kier alpha value is -1.36. The molecule has 0 unspecified atom stereocenters. The molecule has 5 heteroatoms. The predicted octanol–water partition coefficient (Wildman–Crippen LogP) is 1.49. The Morgan fingerprint density at radius 3 is 2.78 bits per heavy atom. The minimum atomic E-state index is 0.932. The van der Waals surface area contributed by atoms with Crippen LogP contribution in [0, 0.1) is 0 Å². The summed E-state index contributed by atoms with van der Waals surface area (Å²) in [4.78, 5) is 11.0. The fraction of sp³-hybridized carbons (Fsp3) is 0.692. The van der Waals surface area contributed by atoms with Gasteiger partial charge in [-0.1, -0.05) is 0 Å². The average molecular weight is 249 g/mol. The van der Waals surface area contributed by atoms with E-state index in [1.54, 1.807) is 6.33 Å². The second-order valence-corrected chi connectivity index (χ2v) is 4.69. The van der Waals surface area contributed by atoms with E-state index in [9.17, 15) is 0 Å². The molecule has 0 amide bonds. The van der Waals surface area contributed by atoms with Crippen molar-refractivity contribution >= 4 is 11.6 Å². The van der Waals surface area contributed by atoms with Gasteiger partial charge in [0.1, 0.15) is 18.0 Å². The summed E-state index contributed by atoms with van der Waals surface area (Å²) in [6.07, 6.45) is 6.64. The van der Waals surface area contributed by atoms with Crippen LogP contribution in [0.25, 0.3) is 0 Å². The molecule has 0 saturated carbocycles. The van der Waals surface area contributed by atoms with E-state index in [1.807, 2.05) is 7.05 Å². The zero-order valence-corrected chi connectivity index (χ0v) is 11.2. The van der Waals surface area contributed by atoms with E-state index in [1.165, 1.54) is 19.3 Å². The monoisotopic (exact) mass is 249 g/mol. The maximum atomic E-state index is 4.37. The zero-order valence-electron chi connectivity index (χ0n) is 11.2. The molecule has 0 atom stereocenters. The first-order valence-corrected chi connectivity index (χ1v) is 6.85. The third-order valence-corrected chi connectivity index (χ3v) is 3.24. The summed E-state index contributed by atoms with van der Waals surface area (Å²) in [6, 6.07) is 2.06. The van der Waals surface area contributed by atoms with E-state index in [2.05, 4.69) is 31.6 Å². The highest BCUT2D eigenvalue weighted by Gasteiger charge is 2.12. The molecule has 0 bridgehead atoms. The van der Waals surface area contributed by atoms with Crippen LogP contribution in [0.4, 0.5) is 11.6 Å². The zero-order chi connectivity index (χ0) is 12.6. The van der Waals surface area contributed by atoms with Gasteiger partial charge in [-0.15, -0.1) is 0 Å². The van der Waals surface area contributed by atoms with Gasteiger partial charge in [0.2, 0.25) is 0 Å². The molecule has 5 nitrogen and oxygen atoms in total. The Kier molecular flexibility index (Phi) is 5.20. The number of piperidine rings is 1. The van der Waals surface area contributed by atoms with Crippen LogP contribution in [0.5, 0.6) is 0 Å². The lowest BCUT2D eigenvalue weighted by Gasteiger charge is -2.27. The van der Waals surface area contributed by atoms with Gasteiger partial charge >= 0.3 is 0 Å². The van der Waals surface area contributed by atoms with Crippen molar-refractivity contribution in [3.63, 3.8) is 0 Å². The molecule has 1 aliphatic heterocycles. The Balaban J connectivity index is 1.88. The summed E-state index contributed by atoms with van der Waals surface area (Å²) >= 11 is 0. The van der Waals surface area contributed by atoms with Gasteiger partial charge in [0.25, 0.3) is 0 Å². The van der Waals surface area contributed by atoms with Crippen molar-refractivity contribution in [2.75, 3.05) is 43.4 Å². The third kappa shape index (κ3) is 3.84. The van der Waals surface area contributed by atoms with E-state index in [0.29, 0.717) is 0 Å². The number of nitrogens with one attached hydrogen (secondary N) is 2. The predicted molar refractivity (Wildman–Crippen MR) is 75.1 cm³/mol. The molecular formula is C13H23N5. The molecule has 1 aromatic rings. The fourth-order valence-electron chi connectivity index (χ4n) is 2.22. The van der Waals surface area contributed by atoms with Crippen LogP contribution in [-0.4, -0.2) is 43.2 Å². The summed E-state index contributed by atoms with van der Waals surface area (Å²) in [5.41, 5.74) is 0. The number of nitrogens with zero attached hydrogens (tertiary/aromatic N) is 3. The van der Waals surface area contributed by atoms with Gasteiger partial charge in [-0.25, -0.2) is 9.97 Å². The smallest absolute Gasteiger partial charge is 0.134 e. The molecule has 0 aliphatic carbocycles. The topological polar surface area (TPSA) is 53.1 Å². The van der Waals surface area contributed by atoms with Gasteiger partial charge in [-0.2, -0.15) is 0 Å². The summed E-state index contributed by atoms with van der Waals surface area (Å²) in [5, 5.41) is 6.48. The summed E-state index contributed by atoms with van der Waals surface area (Å²) < 4.78 is 0. The molecule has 0 aromatic carbocycles. The molecule has 1 saturated heterocycles. The van der Waals surface area contributed by atoms with Crippen molar-refractivity contribution in [2.45, 2.75) is 25.7 Å². The molecule has 1 aliphatic rings. The first kappa shape index (κ1) is 13.1. The normalized spacial score (nSPS) is 15.7. The van der Waals surface area contributed by atoms with Crippen molar-refractivity contribution in [3.8, 4) is 0 Å². The molecule has 1 aromatic heterocycles. The van der Waals surface area contributed by atoms with E-state index in [4.69, 9.17) is 0 Å². The Labute approximate surface area is 109 Å². The van der Waals surface area contributed by atoms with Gasteiger partial charge in [-0.3, -0.25) is 0 Å². The first-order valence-electron chi connectivity index (χ1n) is 6.85. The SMILES string of the molecule is CNCCCNc1cc(N2CCCCC2)ncn1. The van der Waals surface area contributed by atoms with Crippen LogP contribution < -0.4 is 15.5 Å². The van der Waals surface area contributed by atoms with E-state index in [0.717, 1.165) is 44.2 Å². The van der Waals surface area contributed by atoms with Crippen LogP contribution in [0.3, 0.4) is 0 Å². The minimum Gasteiger partial charge on any atom is -0.370 e. The number of hydrogen-bond acceptors (Lipinski definition) is 5. The van der Waals surface area contributed by atoms with E-state index < -0.39 is 0 Å². The van der Waals surface area contributed by atoms with Crippen LogP contribution >= 0.6 is 0 Å². The molecule has 1 fully saturated rings. The van der Waals surface area contributed by atoms with Gasteiger partial charge < -0.3 is 15.5 Å². The number of aromatic nitrogens is 2. The Morgan fingerprint density at radius 2 is 2.00 bits per heavy atom. The highest BCUT2D eigenvalue weighted by Crippen LogP contribution is 2.18. The molecule has 100 valence electrons. The van der Waals surface area contributed by atoms with Gasteiger partial charge in [0.15, 0.2) is 0 Å². The van der Waals surface area contributed by atoms with Crippen LogP contribution in [0.1, 0.15) is 25.7 Å². The molecular weight excluding hydrogens is 226 g/mol. The largest absolute Gasteiger partial charge is 0.370 e. The molecule has 0 spiro atoms. The maximum absolute atomic E-state index is 4.37. The van der Waals surface area contributed by atoms with Gasteiger partial charge in [-0.05, 0) is 39.3 Å². The second-order valence-electron chi connectivity index (χ2n) is 4.69. The summed E-state index contributed by atoms with van der Waals surface area (Å²) in [6.45, 7) is 4.21. The number of anilines is 2. The van der Waals surface area contributed by atoms with Gasteiger partial charge in [0, 0.05) is 25.7 Å². The fourth-order valence-corrected chi connectivity index (χ4v) is 2.22. The lowest BCUT2D eigenvalue weighted by atomic mass is 10.1. The van der Waals surface area contributed by atoms with Crippen molar-refractivity contribution in [1.29, 1.82) is 0 Å². The number of hydrogen-bond donors (Lipinski definition) is 2. The Bertz CT molecular complexity index is 349. The highest BCUT2D eigenvalue weighted by atomic mass is 15.2. The van der Waals surface area contributed by atoms with E-state index >= 15 is 0 Å². The first-order chi connectivity index (χ1) is 8.90. The second kappa shape index (κ2) is 7.16. The van der Waals surface area contributed by atoms with Crippen molar-refractivity contribution in [1.82, 2.24) is 15.3 Å². The minimum absolute atomic E-state index is 0.932. The molecule has 2 rings (SSSR count). The van der Waals surface area contributed by atoms with Crippen LogP contribution in [0.2, 0.25) is 0 Å². The quantitative estimate of drug-likeness (QED) is 0.748. The third-order valence-electron chi connectivity index (χ3n) is 3.24. The van der Waals surface area contributed by atoms with Crippen LogP contribution in [-0.2, 0) is 0 Å². The number of rotatable bonds is 6. The Morgan fingerprint density at radius 1 is 1.17 bits per heavy atom. The van der Waals surface area contributed by atoms with E-state index in [-0.39, 0.29) is 0 Å². The van der Waals surface area contributed by atoms with Crippen molar-refractivity contribution < 1.29 is 0 Å². The lowest BCUT2D eigenvalue weighted by Crippen LogP contribution is -2.30. The van der Waals surface area contributed by atoms with Crippen molar-refractivity contribution in [2.24, 2.45) is 0 Å². The lowest BCUT2D eigenvalue weighted by molar-refractivity contribution is 0.573. The standard InChI is InChI=1S/C13H23N5/c1-14-6-5-7-15-12-10-13(17-11-16-12)18-8-3-2-4-9-18/h10-11,14H,2-9H2,1H3,(H,15,16,17). The van der Waals surface area contributed by atoms with Crippen molar-refractivity contribution in [3.05, 3.63) is 12.4 Å².